The third-order valence-electron chi connectivity index (χ3n) is 4.83. The lowest BCUT2D eigenvalue weighted by molar-refractivity contribution is -0.121. The fourth-order valence-electron chi connectivity index (χ4n) is 3.09. The van der Waals surface area contributed by atoms with Crippen LogP contribution in [0.25, 0.3) is 0 Å². The van der Waals surface area contributed by atoms with Gasteiger partial charge in [-0.3, -0.25) is 4.79 Å². The van der Waals surface area contributed by atoms with Crippen LogP contribution in [0, 0.1) is 13.8 Å². The number of rotatable bonds is 7. The molecule has 0 saturated carbocycles. The Labute approximate surface area is 172 Å². The molecule has 0 aliphatic rings. The third kappa shape index (κ3) is 5.55. The number of benzene rings is 3. The number of amides is 1. The average Bonchev–Trinajstić information content (AvgIpc) is 2.72. The molecule has 0 fully saturated rings. The maximum absolute atomic E-state index is 12.6. The van der Waals surface area contributed by atoms with Crippen molar-refractivity contribution < 1.29 is 13.2 Å². The van der Waals surface area contributed by atoms with Gasteiger partial charge in [-0.15, -0.1) is 0 Å². The van der Waals surface area contributed by atoms with Crippen LogP contribution in [-0.4, -0.2) is 20.1 Å². The summed E-state index contributed by atoms with van der Waals surface area (Å²) in [6.45, 7) is 3.91. The molecule has 3 aromatic carbocycles. The summed E-state index contributed by atoms with van der Waals surface area (Å²) in [5, 5.41) is 3.00. The number of sulfone groups is 1. The van der Waals surface area contributed by atoms with Gasteiger partial charge in [-0.1, -0.05) is 77.9 Å². The summed E-state index contributed by atoms with van der Waals surface area (Å²) < 4.78 is 25.1. The Hall–Kier alpha value is -2.92. The molecule has 0 heterocycles. The molecule has 150 valence electrons. The van der Waals surface area contributed by atoms with Gasteiger partial charge in [-0.2, -0.15) is 0 Å². The van der Waals surface area contributed by atoms with Gasteiger partial charge in [0.25, 0.3) is 0 Å². The van der Waals surface area contributed by atoms with E-state index in [1.807, 2.05) is 68.4 Å². The van der Waals surface area contributed by atoms with Crippen LogP contribution in [0.2, 0.25) is 0 Å². The molecular weight excluding hydrogens is 382 g/mol. The topological polar surface area (TPSA) is 63.2 Å². The quantitative estimate of drug-likeness (QED) is 0.632. The van der Waals surface area contributed by atoms with Crippen LogP contribution in [-0.2, 0) is 14.6 Å². The highest BCUT2D eigenvalue weighted by molar-refractivity contribution is 7.91. The highest BCUT2D eigenvalue weighted by atomic mass is 32.2. The van der Waals surface area contributed by atoms with Gasteiger partial charge in [0.15, 0.2) is 9.84 Å². The third-order valence-corrected chi connectivity index (χ3v) is 6.56. The second kappa shape index (κ2) is 9.05. The lowest BCUT2D eigenvalue weighted by atomic mass is 9.97. The number of aryl methyl sites for hydroxylation is 2. The summed E-state index contributed by atoms with van der Waals surface area (Å²) in [7, 11) is -3.50. The van der Waals surface area contributed by atoms with Crippen molar-refractivity contribution in [2.45, 2.75) is 31.2 Å². The highest BCUT2D eigenvalue weighted by Gasteiger charge is 2.20. The minimum atomic E-state index is -3.50. The second-order valence-corrected chi connectivity index (χ2v) is 9.31. The van der Waals surface area contributed by atoms with E-state index in [0.29, 0.717) is 0 Å². The Morgan fingerprint density at radius 3 is 1.90 bits per heavy atom. The Balaban J connectivity index is 1.73. The van der Waals surface area contributed by atoms with Gasteiger partial charge < -0.3 is 5.32 Å². The molecule has 3 aromatic rings. The Kier molecular flexibility index (Phi) is 6.49. The fraction of sp³-hybridized carbons (Fsp3) is 0.208. The fourth-order valence-corrected chi connectivity index (χ4v) is 4.33. The molecule has 0 aliphatic heterocycles. The first-order valence-electron chi connectivity index (χ1n) is 9.55. The van der Waals surface area contributed by atoms with Crippen molar-refractivity contribution in [1.29, 1.82) is 0 Å². The molecule has 0 radical (unpaired) electrons. The second-order valence-electron chi connectivity index (χ2n) is 7.20. The summed E-state index contributed by atoms with van der Waals surface area (Å²) in [5.41, 5.74) is 4.03. The van der Waals surface area contributed by atoms with E-state index in [1.165, 1.54) is 0 Å². The molecule has 5 heteroatoms. The van der Waals surface area contributed by atoms with E-state index in [4.69, 9.17) is 0 Å². The summed E-state index contributed by atoms with van der Waals surface area (Å²) in [5.74, 6) is -0.521. The van der Waals surface area contributed by atoms with Crippen molar-refractivity contribution in [3.63, 3.8) is 0 Å². The van der Waals surface area contributed by atoms with Crippen molar-refractivity contribution in [1.82, 2.24) is 5.32 Å². The molecule has 1 N–H and O–H groups in total. The average molecular weight is 408 g/mol. The van der Waals surface area contributed by atoms with Crippen LogP contribution in [0.15, 0.2) is 83.8 Å². The summed E-state index contributed by atoms with van der Waals surface area (Å²) in [6.07, 6.45) is -0.0919. The van der Waals surface area contributed by atoms with Gasteiger partial charge in [0.1, 0.15) is 0 Å². The van der Waals surface area contributed by atoms with Gasteiger partial charge in [0, 0.05) is 6.42 Å². The minimum Gasteiger partial charge on any atom is -0.345 e. The minimum absolute atomic E-state index is 0.0919. The zero-order valence-corrected chi connectivity index (χ0v) is 17.4. The lowest BCUT2D eigenvalue weighted by Gasteiger charge is -2.20. The maximum Gasteiger partial charge on any atom is 0.221 e. The van der Waals surface area contributed by atoms with E-state index >= 15 is 0 Å². The van der Waals surface area contributed by atoms with Crippen LogP contribution < -0.4 is 5.32 Å². The number of hydrogen-bond donors (Lipinski definition) is 1. The number of hydrogen-bond acceptors (Lipinski definition) is 3. The molecule has 1 unspecified atom stereocenters. The van der Waals surface area contributed by atoms with Crippen LogP contribution >= 0.6 is 0 Å². The van der Waals surface area contributed by atoms with E-state index in [1.54, 1.807) is 24.3 Å². The first-order valence-corrected chi connectivity index (χ1v) is 11.2. The van der Waals surface area contributed by atoms with Gasteiger partial charge in [-0.25, -0.2) is 8.42 Å². The van der Waals surface area contributed by atoms with Crippen molar-refractivity contribution in [2.24, 2.45) is 0 Å². The molecule has 1 atom stereocenters. The van der Waals surface area contributed by atoms with Crippen molar-refractivity contribution in [3.8, 4) is 0 Å². The van der Waals surface area contributed by atoms with Gasteiger partial charge in [0.2, 0.25) is 5.91 Å². The molecule has 29 heavy (non-hydrogen) atoms. The molecule has 1 amide bonds. The standard InChI is InChI=1S/C24H25NO3S/c1-18-8-12-21(13-9-18)24(20-6-4-3-5-7-20)25-23(26)16-17-29(27,28)22-14-10-19(2)11-15-22/h3-15,24H,16-17H2,1-2H3,(H,25,26). The Morgan fingerprint density at radius 1 is 0.793 bits per heavy atom. The maximum atomic E-state index is 12.6. The zero-order chi connectivity index (χ0) is 20.9. The smallest absolute Gasteiger partial charge is 0.221 e. The molecule has 0 saturated heterocycles. The van der Waals surface area contributed by atoms with Crippen molar-refractivity contribution in [2.75, 3.05) is 5.75 Å². The van der Waals surface area contributed by atoms with Gasteiger partial charge in [0.05, 0.1) is 16.7 Å². The summed E-state index contributed by atoms with van der Waals surface area (Å²) in [6, 6.07) is 24.0. The summed E-state index contributed by atoms with van der Waals surface area (Å²) in [4.78, 5) is 12.9. The monoisotopic (exact) mass is 407 g/mol. The molecular formula is C24H25NO3S. The molecule has 4 nitrogen and oxygen atoms in total. The lowest BCUT2D eigenvalue weighted by Crippen LogP contribution is -2.30. The predicted molar refractivity (Wildman–Crippen MR) is 115 cm³/mol. The summed E-state index contributed by atoms with van der Waals surface area (Å²) >= 11 is 0. The molecule has 0 aromatic heterocycles. The zero-order valence-electron chi connectivity index (χ0n) is 16.6. The Bertz CT molecular complexity index is 1060. The first-order chi connectivity index (χ1) is 13.8. The van der Waals surface area contributed by atoms with Gasteiger partial charge in [-0.05, 0) is 37.1 Å². The predicted octanol–water partition coefficient (Wildman–Crippen LogP) is 4.37. The van der Waals surface area contributed by atoms with E-state index in [-0.39, 0.29) is 29.0 Å². The number of carbonyl (C=O) groups excluding carboxylic acids is 1. The molecule has 0 spiro atoms. The largest absolute Gasteiger partial charge is 0.345 e. The first kappa shape index (κ1) is 20.8. The molecule has 3 rings (SSSR count). The molecule has 0 aliphatic carbocycles. The van der Waals surface area contributed by atoms with E-state index in [2.05, 4.69) is 5.32 Å². The number of nitrogens with one attached hydrogen (secondary N) is 1. The van der Waals surface area contributed by atoms with Gasteiger partial charge >= 0.3 is 0 Å². The highest BCUT2D eigenvalue weighted by Crippen LogP contribution is 2.23. The van der Waals surface area contributed by atoms with E-state index < -0.39 is 9.84 Å². The van der Waals surface area contributed by atoms with Crippen molar-refractivity contribution in [3.05, 3.63) is 101 Å². The molecule has 0 bridgehead atoms. The van der Waals surface area contributed by atoms with Crippen LogP contribution in [0.1, 0.15) is 34.7 Å². The van der Waals surface area contributed by atoms with Crippen molar-refractivity contribution >= 4 is 15.7 Å². The Morgan fingerprint density at radius 2 is 1.31 bits per heavy atom. The van der Waals surface area contributed by atoms with E-state index in [0.717, 1.165) is 22.3 Å². The SMILES string of the molecule is Cc1ccc(C(NC(=O)CCS(=O)(=O)c2ccc(C)cc2)c2ccccc2)cc1. The van der Waals surface area contributed by atoms with E-state index in [9.17, 15) is 13.2 Å². The normalized spacial score (nSPS) is 12.3. The van der Waals surface area contributed by atoms with Crippen LogP contribution in [0.4, 0.5) is 0 Å². The van der Waals surface area contributed by atoms with Crippen LogP contribution in [0.3, 0.4) is 0 Å². The number of carbonyl (C=O) groups is 1. The van der Waals surface area contributed by atoms with Crippen LogP contribution in [0.5, 0.6) is 0 Å².